The Morgan fingerprint density at radius 3 is 2.39 bits per heavy atom. The van der Waals surface area contributed by atoms with Crippen molar-refractivity contribution in [1.82, 2.24) is 0 Å². The summed E-state index contributed by atoms with van der Waals surface area (Å²) in [6.45, 7) is 0. The molecule has 0 fully saturated rings. The number of methoxy groups -OCH3 is 1. The van der Waals surface area contributed by atoms with Gasteiger partial charge in [-0.05, 0) is 12.1 Å². The Balaban J connectivity index is 2.91. The van der Waals surface area contributed by atoms with Crippen LogP contribution in [0.25, 0.3) is 0 Å². The molecule has 0 saturated heterocycles. The van der Waals surface area contributed by atoms with Crippen molar-refractivity contribution in [3.8, 4) is 0 Å². The van der Waals surface area contributed by atoms with E-state index in [9.17, 15) is 14.9 Å². The first-order chi connectivity index (χ1) is 8.60. The monoisotopic (exact) mass is 256 g/mol. The highest BCUT2D eigenvalue weighted by molar-refractivity contribution is 5.77. The molecule has 0 aliphatic carbocycles. The first-order valence-electron chi connectivity index (χ1n) is 4.87. The SMILES string of the molecule is CO[C@@H](C(=O)O[N+](=O)[O-])N(OC)c1ccccc1. The number of benzene rings is 1. The van der Waals surface area contributed by atoms with Crippen LogP contribution in [0, 0.1) is 10.1 Å². The molecule has 1 aromatic rings. The number of anilines is 1. The van der Waals surface area contributed by atoms with Gasteiger partial charge in [-0.15, -0.1) is 10.1 Å². The molecule has 98 valence electrons. The summed E-state index contributed by atoms with van der Waals surface area (Å²) in [5, 5.41) is 9.99. The first kappa shape index (κ1) is 13.9. The highest BCUT2D eigenvalue weighted by Gasteiger charge is 2.29. The zero-order valence-corrected chi connectivity index (χ0v) is 9.81. The lowest BCUT2D eigenvalue weighted by molar-refractivity contribution is -0.730. The largest absolute Gasteiger partial charge is 0.355 e. The van der Waals surface area contributed by atoms with Gasteiger partial charge in [0, 0.05) is 7.11 Å². The van der Waals surface area contributed by atoms with Crippen molar-refractivity contribution in [2.45, 2.75) is 6.23 Å². The van der Waals surface area contributed by atoms with Gasteiger partial charge in [0.1, 0.15) is 0 Å². The van der Waals surface area contributed by atoms with E-state index < -0.39 is 17.3 Å². The van der Waals surface area contributed by atoms with Gasteiger partial charge in [0.25, 0.3) is 0 Å². The van der Waals surface area contributed by atoms with E-state index in [0.717, 1.165) is 5.06 Å². The number of hydroxylamine groups is 1. The molecule has 1 atom stereocenters. The van der Waals surface area contributed by atoms with Gasteiger partial charge in [-0.3, -0.25) is 9.63 Å². The molecular formula is C10H12N2O6. The first-order valence-corrected chi connectivity index (χ1v) is 4.87. The maximum Gasteiger partial charge on any atom is 0.355 e. The van der Waals surface area contributed by atoms with Crippen molar-refractivity contribution in [3.63, 3.8) is 0 Å². The van der Waals surface area contributed by atoms with Crippen LogP contribution in [0.5, 0.6) is 0 Å². The van der Waals surface area contributed by atoms with Crippen LogP contribution in [0.4, 0.5) is 5.69 Å². The quantitative estimate of drug-likeness (QED) is 0.421. The highest BCUT2D eigenvalue weighted by Crippen LogP contribution is 2.17. The highest BCUT2D eigenvalue weighted by atomic mass is 17.0. The van der Waals surface area contributed by atoms with Crippen molar-refractivity contribution >= 4 is 11.7 Å². The minimum absolute atomic E-state index is 0.493. The fourth-order valence-corrected chi connectivity index (χ4v) is 1.32. The van der Waals surface area contributed by atoms with E-state index in [1.807, 2.05) is 0 Å². The Hall–Kier alpha value is -2.19. The molecule has 0 unspecified atom stereocenters. The molecule has 0 spiro atoms. The zero-order chi connectivity index (χ0) is 13.5. The maximum absolute atomic E-state index is 11.4. The van der Waals surface area contributed by atoms with Gasteiger partial charge < -0.3 is 4.74 Å². The molecule has 1 aromatic carbocycles. The third kappa shape index (κ3) is 3.40. The number of rotatable bonds is 6. The molecule has 0 bridgehead atoms. The fourth-order valence-electron chi connectivity index (χ4n) is 1.32. The number of hydrogen-bond donors (Lipinski definition) is 0. The van der Waals surface area contributed by atoms with Crippen LogP contribution in [0.15, 0.2) is 30.3 Å². The molecule has 0 aliphatic heterocycles. The van der Waals surface area contributed by atoms with Crippen LogP contribution < -0.4 is 5.06 Å². The molecular weight excluding hydrogens is 244 g/mol. The molecule has 0 aromatic heterocycles. The van der Waals surface area contributed by atoms with Gasteiger partial charge in [0.15, 0.2) is 0 Å². The van der Waals surface area contributed by atoms with Crippen LogP contribution >= 0.6 is 0 Å². The summed E-state index contributed by atoms with van der Waals surface area (Å²) >= 11 is 0. The van der Waals surface area contributed by atoms with E-state index in [1.165, 1.54) is 14.2 Å². The third-order valence-electron chi connectivity index (χ3n) is 2.01. The number of carbonyl (C=O) groups excluding carboxylic acids is 1. The van der Waals surface area contributed by atoms with E-state index in [0.29, 0.717) is 5.69 Å². The third-order valence-corrected chi connectivity index (χ3v) is 2.01. The second-order valence-corrected chi connectivity index (χ2v) is 3.07. The molecule has 8 nitrogen and oxygen atoms in total. The van der Waals surface area contributed by atoms with Gasteiger partial charge in [0.05, 0.1) is 12.8 Å². The number of carbonyl (C=O) groups is 1. The lowest BCUT2D eigenvalue weighted by atomic mass is 10.3. The van der Waals surface area contributed by atoms with Crippen molar-refractivity contribution in [2.24, 2.45) is 0 Å². The molecule has 0 radical (unpaired) electrons. The van der Waals surface area contributed by atoms with Crippen molar-refractivity contribution in [1.29, 1.82) is 0 Å². The van der Waals surface area contributed by atoms with Gasteiger partial charge in [-0.2, -0.15) is 0 Å². The molecule has 8 heteroatoms. The van der Waals surface area contributed by atoms with E-state index in [4.69, 9.17) is 9.57 Å². The summed E-state index contributed by atoms with van der Waals surface area (Å²) < 4.78 is 4.84. The standard InChI is InChI=1S/C10H12N2O6/c1-16-9(10(13)18-12(14)15)11(17-2)8-6-4-3-5-7-8/h3-7,9H,1-2H3/t9-/m0/s1. The maximum atomic E-state index is 11.4. The summed E-state index contributed by atoms with van der Waals surface area (Å²) in [6, 6.07) is 8.50. The number of nitrogens with zero attached hydrogens (tertiary/aromatic N) is 2. The smallest absolute Gasteiger partial charge is 0.351 e. The molecule has 0 aliphatic rings. The van der Waals surface area contributed by atoms with Crippen molar-refractivity contribution < 1.29 is 24.3 Å². The number of ether oxygens (including phenoxy) is 1. The van der Waals surface area contributed by atoms with Gasteiger partial charge >= 0.3 is 11.1 Å². The van der Waals surface area contributed by atoms with Gasteiger partial charge in [-0.1, -0.05) is 18.2 Å². The minimum atomic E-state index is -1.37. The van der Waals surface area contributed by atoms with Crippen LogP contribution in [0.3, 0.4) is 0 Å². The van der Waals surface area contributed by atoms with Crippen LogP contribution in [-0.2, 0) is 19.2 Å². The van der Waals surface area contributed by atoms with E-state index in [-0.39, 0.29) is 0 Å². The Morgan fingerprint density at radius 1 is 1.33 bits per heavy atom. The normalized spacial score (nSPS) is 11.7. The molecule has 0 N–H and O–H groups in total. The van der Waals surface area contributed by atoms with E-state index >= 15 is 0 Å². The van der Waals surface area contributed by atoms with Gasteiger partial charge in [0.2, 0.25) is 6.23 Å². The summed E-state index contributed by atoms with van der Waals surface area (Å²) in [5.74, 6) is -1.19. The molecule has 18 heavy (non-hydrogen) atoms. The average molecular weight is 256 g/mol. The minimum Gasteiger partial charge on any atom is -0.351 e. The molecule has 0 saturated carbocycles. The summed E-state index contributed by atoms with van der Waals surface area (Å²) in [5.41, 5.74) is 0.493. The fraction of sp³-hybridized carbons (Fsp3) is 0.300. The average Bonchev–Trinajstić information content (AvgIpc) is 2.35. The zero-order valence-electron chi connectivity index (χ0n) is 9.81. The number of hydrogen-bond acceptors (Lipinski definition) is 7. The second kappa shape index (κ2) is 6.52. The summed E-state index contributed by atoms with van der Waals surface area (Å²) in [4.78, 5) is 30.4. The van der Waals surface area contributed by atoms with Crippen LogP contribution in [0.2, 0.25) is 0 Å². The molecule has 0 heterocycles. The topological polar surface area (TPSA) is 91.1 Å². The van der Waals surface area contributed by atoms with Crippen molar-refractivity contribution in [2.75, 3.05) is 19.3 Å². The Morgan fingerprint density at radius 2 is 1.94 bits per heavy atom. The van der Waals surface area contributed by atoms with E-state index in [2.05, 4.69) is 4.84 Å². The predicted octanol–water partition coefficient (Wildman–Crippen LogP) is 0.762. The van der Waals surface area contributed by atoms with Crippen LogP contribution in [-0.4, -0.2) is 31.5 Å². The van der Waals surface area contributed by atoms with Crippen molar-refractivity contribution in [3.05, 3.63) is 40.4 Å². The summed E-state index contributed by atoms with van der Waals surface area (Å²) in [6.07, 6.45) is -1.37. The Bertz CT molecular complexity index is 410. The lowest BCUT2D eigenvalue weighted by Crippen LogP contribution is -2.43. The summed E-state index contributed by atoms with van der Waals surface area (Å²) in [7, 11) is 2.51. The Kier molecular flexibility index (Phi) is 5.03. The lowest BCUT2D eigenvalue weighted by Gasteiger charge is -2.27. The molecule has 1 rings (SSSR count). The van der Waals surface area contributed by atoms with Crippen LogP contribution in [0.1, 0.15) is 0 Å². The number of para-hydroxylation sites is 1. The second-order valence-electron chi connectivity index (χ2n) is 3.07. The van der Waals surface area contributed by atoms with E-state index in [1.54, 1.807) is 30.3 Å². The predicted molar refractivity (Wildman–Crippen MR) is 59.8 cm³/mol. The Labute approximate surface area is 103 Å². The molecule has 0 amide bonds. The van der Waals surface area contributed by atoms with Gasteiger partial charge in [-0.25, -0.2) is 9.90 Å².